The second kappa shape index (κ2) is 10.1. The van der Waals surface area contributed by atoms with Gasteiger partial charge < -0.3 is 9.50 Å². The molecule has 0 atom stereocenters. The standard InChI is InChI=1S/C22H14BrN3O6S/c23-17-7-9-18(10-8-17)25-22(27)16(14-24)11-15-3-1-5-20(12-15)32-33(30,31)21-6-2-4-19(13-21)26(28)29/h1-13H,(H,25,27)/b16-11-. The molecule has 3 aromatic rings. The van der Waals surface area contributed by atoms with Gasteiger partial charge in [0.2, 0.25) is 0 Å². The Kier molecular flexibility index (Phi) is 7.22. The molecule has 166 valence electrons. The third-order valence-electron chi connectivity index (χ3n) is 4.16. The van der Waals surface area contributed by atoms with Crippen LogP contribution in [0.5, 0.6) is 5.75 Å². The number of halogens is 1. The predicted molar refractivity (Wildman–Crippen MR) is 124 cm³/mol. The van der Waals surface area contributed by atoms with Gasteiger partial charge in [0, 0.05) is 22.3 Å². The molecule has 1 N–H and O–H groups in total. The Bertz CT molecular complexity index is 1400. The number of nitro benzene ring substituents is 1. The van der Waals surface area contributed by atoms with E-state index in [1.807, 2.05) is 6.07 Å². The van der Waals surface area contributed by atoms with E-state index in [1.54, 1.807) is 30.3 Å². The fourth-order valence-electron chi connectivity index (χ4n) is 2.63. The van der Waals surface area contributed by atoms with Crippen molar-refractivity contribution in [2.45, 2.75) is 4.90 Å². The lowest BCUT2D eigenvalue weighted by Gasteiger charge is -2.08. The largest absolute Gasteiger partial charge is 0.379 e. The zero-order valence-electron chi connectivity index (χ0n) is 16.6. The summed E-state index contributed by atoms with van der Waals surface area (Å²) in [6.45, 7) is 0. The molecular formula is C22H14BrN3O6S. The Morgan fingerprint density at radius 1 is 1.09 bits per heavy atom. The van der Waals surface area contributed by atoms with Crippen molar-refractivity contribution < 1.29 is 22.3 Å². The summed E-state index contributed by atoms with van der Waals surface area (Å²) in [4.78, 5) is 22.2. The molecule has 0 saturated heterocycles. The maximum absolute atomic E-state index is 12.5. The second-order valence-electron chi connectivity index (χ2n) is 6.50. The van der Waals surface area contributed by atoms with Gasteiger partial charge in [0.15, 0.2) is 0 Å². The molecule has 3 aromatic carbocycles. The van der Waals surface area contributed by atoms with Gasteiger partial charge in [-0.05, 0) is 54.1 Å². The minimum absolute atomic E-state index is 0.0964. The second-order valence-corrected chi connectivity index (χ2v) is 8.96. The van der Waals surface area contributed by atoms with Crippen LogP contribution in [0.3, 0.4) is 0 Å². The molecule has 9 nitrogen and oxygen atoms in total. The van der Waals surface area contributed by atoms with E-state index < -0.39 is 26.6 Å². The van der Waals surface area contributed by atoms with Crippen molar-refractivity contribution in [3.63, 3.8) is 0 Å². The third-order valence-corrected chi connectivity index (χ3v) is 5.93. The summed E-state index contributed by atoms with van der Waals surface area (Å²) < 4.78 is 30.9. The topological polar surface area (TPSA) is 139 Å². The van der Waals surface area contributed by atoms with Crippen molar-refractivity contribution in [2.75, 3.05) is 5.32 Å². The molecule has 0 unspecified atom stereocenters. The first-order valence-corrected chi connectivity index (χ1v) is 11.4. The van der Waals surface area contributed by atoms with Crippen LogP contribution in [0.1, 0.15) is 5.56 Å². The Labute approximate surface area is 197 Å². The van der Waals surface area contributed by atoms with Gasteiger partial charge in [-0.2, -0.15) is 13.7 Å². The average molecular weight is 528 g/mol. The minimum Gasteiger partial charge on any atom is -0.379 e. The number of nitrogens with zero attached hydrogens (tertiary/aromatic N) is 2. The maximum atomic E-state index is 12.5. The van der Waals surface area contributed by atoms with E-state index in [4.69, 9.17) is 4.18 Å². The molecule has 0 aromatic heterocycles. The summed E-state index contributed by atoms with van der Waals surface area (Å²) in [6, 6.07) is 18.7. The lowest BCUT2D eigenvalue weighted by molar-refractivity contribution is -0.385. The summed E-state index contributed by atoms with van der Waals surface area (Å²) in [5, 5.41) is 22.9. The summed E-state index contributed by atoms with van der Waals surface area (Å²) in [5.41, 5.74) is 0.220. The summed E-state index contributed by atoms with van der Waals surface area (Å²) in [6.07, 6.45) is 1.28. The van der Waals surface area contributed by atoms with Gasteiger partial charge in [-0.1, -0.05) is 34.1 Å². The first kappa shape index (κ1) is 23.6. The number of rotatable bonds is 7. The Hall–Kier alpha value is -4.01. The van der Waals surface area contributed by atoms with Crippen molar-refractivity contribution in [1.82, 2.24) is 0 Å². The first-order chi connectivity index (χ1) is 15.7. The predicted octanol–water partition coefficient (Wildman–Crippen LogP) is 4.67. The van der Waals surface area contributed by atoms with Gasteiger partial charge in [-0.15, -0.1) is 0 Å². The van der Waals surface area contributed by atoms with E-state index in [1.165, 1.54) is 36.4 Å². The molecule has 0 radical (unpaired) electrons. The first-order valence-electron chi connectivity index (χ1n) is 9.16. The number of anilines is 1. The van der Waals surface area contributed by atoms with E-state index in [0.717, 1.165) is 16.6 Å². The van der Waals surface area contributed by atoms with E-state index in [0.29, 0.717) is 11.3 Å². The summed E-state index contributed by atoms with van der Waals surface area (Å²) >= 11 is 3.29. The number of nitrogens with one attached hydrogen (secondary N) is 1. The van der Waals surface area contributed by atoms with Crippen molar-refractivity contribution in [1.29, 1.82) is 5.26 Å². The highest BCUT2D eigenvalue weighted by molar-refractivity contribution is 9.10. The number of non-ortho nitro benzene ring substituents is 1. The normalized spacial score (nSPS) is 11.3. The molecule has 1 amide bonds. The fourth-order valence-corrected chi connectivity index (χ4v) is 3.86. The van der Waals surface area contributed by atoms with Crippen LogP contribution in [0.2, 0.25) is 0 Å². The van der Waals surface area contributed by atoms with Crippen LogP contribution in [0, 0.1) is 21.4 Å². The smallest absolute Gasteiger partial charge is 0.339 e. The molecule has 11 heteroatoms. The van der Waals surface area contributed by atoms with Crippen LogP contribution in [0.25, 0.3) is 6.08 Å². The van der Waals surface area contributed by atoms with Gasteiger partial charge in [0.05, 0.1) is 4.92 Å². The van der Waals surface area contributed by atoms with Gasteiger partial charge in [0.1, 0.15) is 22.3 Å². The van der Waals surface area contributed by atoms with Gasteiger partial charge in [-0.25, -0.2) is 0 Å². The van der Waals surface area contributed by atoms with E-state index in [2.05, 4.69) is 21.2 Å². The quantitative estimate of drug-likeness (QED) is 0.155. The summed E-state index contributed by atoms with van der Waals surface area (Å²) in [7, 11) is -4.35. The maximum Gasteiger partial charge on any atom is 0.339 e. The van der Waals surface area contributed by atoms with Crippen LogP contribution in [0.4, 0.5) is 11.4 Å². The van der Waals surface area contributed by atoms with Gasteiger partial charge >= 0.3 is 10.1 Å². The van der Waals surface area contributed by atoms with Crippen molar-refractivity contribution in [3.8, 4) is 11.8 Å². The molecule has 0 aliphatic rings. The monoisotopic (exact) mass is 527 g/mol. The van der Waals surface area contributed by atoms with Crippen LogP contribution in [0.15, 0.2) is 87.7 Å². The molecule has 0 aliphatic heterocycles. The fraction of sp³-hybridized carbons (Fsp3) is 0. The van der Waals surface area contributed by atoms with Crippen molar-refractivity contribution in [2.24, 2.45) is 0 Å². The van der Waals surface area contributed by atoms with Gasteiger partial charge in [-0.3, -0.25) is 14.9 Å². The number of hydrogen-bond acceptors (Lipinski definition) is 7. The molecule has 3 rings (SSSR count). The number of hydrogen-bond donors (Lipinski definition) is 1. The third kappa shape index (κ3) is 6.25. The highest BCUT2D eigenvalue weighted by atomic mass is 79.9. The van der Waals surface area contributed by atoms with Gasteiger partial charge in [0.25, 0.3) is 11.6 Å². The average Bonchev–Trinajstić information content (AvgIpc) is 2.79. The molecular weight excluding hydrogens is 514 g/mol. The highest BCUT2D eigenvalue weighted by Crippen LogP contribution is 2.24. The Balaban J connectivity index is 1.82. The number of carbonyl (C=O) groups is 1. The molecule has 0 saturated carbocycles. The van der Waals surface area contributed by atoms with Crippen molar-refractivity contribution >= 4 is 49.4 Å². The SMILES string of the molecule is N#C/C(=C/c1cccc(OS(=O)(=O)c2cccc([N+](=O)[O-])c2)c1)C(=O)Nc1ccc(Br)cc1. The van der Waals surface area contributed by atoms with Crippen LogP contribution < -0.4 is 9.50 Å². The number of benzene rings is 3. The molecule has 0 heterocycles. The zero-order chi connectivity index (χ0) is 24.0. The number of amides is 1. The molecule has 0 aliphatic carbocycles. The van der Waals surface area contributed by atoms with E-state index in [-0.39, 0.29) is 16.2 Å². The minimum atomic E-state index is -4.35. The molecule has 33 heavy (non-hydrogen) atoms. The Morgan fingerprint density at radius 2 is 1.79 bits per heavy atom. The highest BCUT2D eigenvalue weighted by Gasteiger charge is 2.20. The Morgan fingerprint density at radius 3 is 2.45 bits per heavy atom. The molecule has 0 bridgehead atoms. The number of nitriles is 1. The number of carbonyl (C=O) groups excluding carboxylic acids is 1. The lowest BCUT2D eigenvalue weighted by atomic mass is 10.1. The zero-order valence-corrected chi connectivity index (χ0v) is 19.0. The lowest BCUT2D eigenvalue weighted by Crippen LogP contribution is -2.13. The van der Waals surface area contributed by atoms with Crippen molar-refractivity contribution in [3.05, 3.63) is 98.5 Å². The van der Waals surface area contributed by atoms with E-state index in [9.17, 15) is 28.6 Å². The van der Waals surface area contributed by atoms with Crippen LogP contribution in [-0.2, 0) is 14.9 Å². The molecule has 0 fully saturated rings. The van der Waals surface area contributed by atoms with E-state index >= 15 is 0 Å². The summed E-state index contributed by atoms with van der Waals surface area (Å²) in [5.74, 6) is -0.740. The van der Waals surface area contributed by atoms with Crippen LogP contribution in [-0.4, -0.2) is 19.2 Å². The number of nitro groups is 1. The van der Waals surface area contributed by atoms with Crippen LogP contribution >= 0.6 is 15.9 Å². The molecule has 0 spiro atoms.